The van der Waals surface area contributed by atoms with E-state index in [0.29, 0.717) is 17.8 Å². The molecule has 1 fully saturated rings. The summed E-state index contributed by atoms with van der Waals surface area (Å²) in [6.45, 7) is 11.2. The molecule has 1 aliphatic rings. The van der Waals surface area contributed by atoms with E-state index in [1.165, 1.54) is 42.5 Å². The fourth-order valence-corrected chi connectivity index (χ4v) is 4.73. The highest BCUT2D eigenvalue weighted by atomic mass is 19.1. The number of rotatable bonds is 7. The lowest BCUT2D eigenvalue weighted by atomic mass is 10.0. The van der Waals surface area contributed by atoms with Gasteiger partial charge in [-0.3, -0.25) is 9.69 Å². The van der Waals surface area contributed by atoms with E-state index in [-0.39, 0.29) is 53.8 Å². The van der Waals surface area contributed by atoms with Gasteiger partial charge in [-0.2, -0.15) is 0 Å². The highest BCUT2D eigenvalue weighted by molar-refractivity contribution is 6.05. The number of amides is 2. The van der Waals surface area contributed by atoms with Crippen LogP contribution in [0.25, 0.3) is 17.0 Å². The van der Waals surface area contributed by atoms with Crippen LogP contribution in [0.3, 0.4) is 0 Å². The van der Waals surface area contributed by atoms with Crippen LogP contribution >= 0.6 is 0 Å². The van der Waals surface area contributed by atoms with Crippen molar-refractivity contribution in [2.75, 3.05) is 43.6 Å². The molecule has 0 radical (unpaired) electrons. The quantitative estimate of drug-likeness (QED) is 0.386. The average molecular weight is 596 g/mol. The lowest BCUT2D eigenvalue weighted by Crippen LogP contribution is -2.57. The van der Waals surface area contributed by atoms with E-state index >= 15 is 4.39 Å². The summed E-state index contributed by atoms with van der Waals surface area (Å²) < 4.78 is 40.6. The van der Waals surface area contributed by atoms with Crippen LogP contribution in [0, 0.1) is 11.6 Å². The number of methoxy groups -OCH3 is 1. The second-order valence-electron chi connectivity index (χ2n) is 11.1. The number of piperazine rings is 1. The number of aromatic nitrogens is 2. The van der Waals surface area contributed by atoms with Crippen LogP contribution in [-0.2, 0) is 4.74 Å². The Balaban J connectivity index is 1.66. The van der Waals surface area contributed by atoms with E-state index in [1.807, 2.05) is 4.90 Å². The van der Waals surface area contributed by atoms with Gasteiger partial charge in [0, 0.05) is 37.5 Å². The molecule has 43 heavy (non-hydrogen) atoms. The molecular weight excluding hydrogens is 560 g/mol. The van der Waals surface area contributed by atoms with Gasteiger partial charge in [-0.25, -0.2) is 23.5 Å². The topological polar surface area (TPSA) is 117 Å². The number of halogens is 2. The molecular formula is C31H35F2N5O5. The number of anilines is 2. The summed E-state index contributed by atoms with van der Waals surface area (Å²) >= 11 is 0. The van der Waals surface area contributed by atoms with Crippen molar-refractivity contribution in [1.29, 1.82) is 0 Å². The SMILES string of the molecule is C=C(C)c1cc(N2CCN(C(=O)OC(C)(C)C)[C@H](CO)C2)c(NC(=O)c2ccnc(-c3c(F)cccc3OC)n2)cc1F. The molecule has 2 aromatic carbocycles. The first-order chi connectivity index (χ1) is 20.3. The van der Waals surface area contributed by atoms with Gasteiger partial charge in [0.2, 0.25) is 0 Å². The molecule has 1 saturated heterocycles. The number of carbonyl (C=O) groups excluding carboxylic acids is 2. The molecule has 2 heterocycles. The van der Waals surface area contributed by atoms with Crippen molar-refractivity contribution < 1.29 is 33.0 Å². The van der Waals surface area contributed by atoms with Gasteiger partial charge in [-0.05, 0) is 57.5 Å². The van der Waals surface area contributed by atoms with Crippen molar-refractivity contribution in [1.82, 2.24) is 14.9 Å². The van der Waals surface area contributed by atoms with Gasteiger partial charge in [0.1, 0.15) is 28.7 Å². The van der Waals surface area contributed by atoms with Crippen LogP contribution in [0.15, 0.2) is 49.2 Å². The smallest absolute Gasteiger partial charge is 0.410 e. The largest absolute Gasteiger partial charge is 0.496 e. The van der Waals surface area contributed by atoms with Crippen LogP contribution in [0.5, 0.6) is 5.75 Å². The second-order valence-corrected chi connectivity index (χ2v) is 11.1. The number of aliphatic hydroxyl groups excluding tert-OH is 1. The minimum absolute atomic E-state index is 0.00454. The molecule has 1 aromatic heterocycles. The zero-order valence-electron chi connectivity index (χ0n) is 24.8. The third kappa shape index (κ3) is 7.08. The fourth-order valence-electron chi connectivity index (χ4n) is 4.73. The van der Waals surface area contributed by atoms with Gasteiger partial charge in [-0.1, -0.05) is 12.6 Å². The molecule has 0 aliphatic carbocycles. The number of hydrogen-bond acceptors (Lipinski definition) is 8. The van der Waals surface area contributed by atoms with E-state index < -0.39 is 35.3 Å². The van der Waals surface area contributed by atoms with Crippen molar-refractivity contribution >= 4 is 28.9 Å². The Morgan fingerprint density at radius 1 is 1.16 bits per heavy atom. The Hall–Kier alpha value is -4.58. The lowest BCUT2D eigenvalue weighted by Gasteiger charge is -2.42. The standard InChI is InChI=1S/C31H35F2N5O5/c1-18(2)20-14-25(37-12-13-38(19(16-37)17-39)30(41)43-31(3,4)5)24(15-22(20)33)36-29(40)23-10-11-34-28(35-23)27-21(32)8-7-9-26(27)42-6/h7-11,14-15,19,39H,1,12-13,16-17H2,2-6H3,(H,36,40)/t19-/m0/s1. The fraction of sp³-hybridized carbons (Fsp3) is 0.355. The molecule has 2 N–H and O–H groups in total. The van der Waals surface area contributed by atoms with Crippen molar-refractivity contribution in [3.05, 3.63) is 72.1 Å². The highest BCUT2D eigenvalue weighted by Gasteiger charge is 2.34. The maximum absolute atomic E-state index is 15.2. The summed E-state index contributed by atoms with van der Waals surface area (Å²) in [6, 6.07) is 7.75. The highest BCUT2D eigenvalue weighted by Crippen LogP contribution is 2.34. The first kappa shape index (κ1) is 31.4. The van der Waals surface area contributed by atoms with Crippen molar-refractivity contribution in [2.24, 2.45) is 0 Å². The monoisotopic (exact) mass is 595 g/mol. The molecule has 0 bridgehead atoms. The Morgan fingerprint density at radius 3 is 2.56 bits per heavy atom. The number of benzene rings is 2. The number of carbonyl (C=O) groups is 2. The number of hydrogen-bond donors (Lipinski definition) is 2. The zero-order chi connectivity index (χ0) is 31.5. The molecule has 4 rings (SSSR count). The molecule has 2 amide bonds. The van der Waals surface area contributed by atoms with Gasteiger partial charge >= 0.3 is 6.09 Å². The van der Waals surface area contributed by atoms with Crippen LogP contribution in [0.1, 0.15) is 43.7 Å². The number of nitrogens with one attached hydrogen (secondary N) is 1. The molecule has 1 aliphatic heterocycles. The predicted molar refractivity (Wildman–Crippen MR) is 159 cm³/mol. The van der Waals surface area contributed by atoms with Crippen LogP contribution in [0.4, 0.5) is 25.0 Å². The Kier molecular flexibility index (Phi) is 9.29. The van der Waals surface area contributed by atoms with Gasteiger partial charge < -0.3 is 24.8 Å². The van der Waals surface area contributed by atoms with Gasteiger partial charge in [0.25, 0.3) is 5.91 Å². The van der Waals surface area contributed by atoms with E-state index in [0.717, 1.165) is 0 Å². The molecule has 0 saturated carbocycles. The van der Waals surface area contributed by atoms with Crippen LogP contribution < -0.4 is 15.0 Å². The Bertz CT molecular complexity index is 1540. The average Bonchev–Trinajstić information content (AvgIpc) is 2.95. The van der Waals surface area contributed by atoms with E-state index in [1.54, 1.807) is 39.8 Å². The summed E-state index contributed by atoms with van der Waals surface area (Å²) in [5, 5.41) is 12.8. The first-order valence-electron chi connectivity index (χ1n) is 13.6. The number of aliphatic hydroxyl groups is 1. The van der Waals surface area contributed by atoms with E-state index in [2.05, 4.69) is 21.9 Å². The third-order valence-electron chi connectivity index (χ3n) is 6.76. The molecule has 10 nitrogen and oxygen atoms in total. The van der Waals surface area contributed by atoms with Crippen LogP contribution in [-0.4, -0.2) is 77.0 Å². The minimum Gasteiger partial charge on any atom is -0.496 e. The van der Waals surface area contributed by atoms with Gasteiger partial charge in [0.15, 0.2) is 5.82 Å². The summed E-state index contributed by atoms with van der Waals surface area (Å²) in [4.78, 5) is 37.9. The van der Waals surface area contributed by atoms with E-state index in [9.17, 15) is 19.1 Å². The minimum atomic E-state index is -0.711. The summed E-state index contributed by atoms with van der Waals surface area (Å²) in [5.74, 6) is -1.77. The molecule has 12 heteroatoms. The normalized spacial score (nSPS) is 15.2. The molecule has 0 unspecified atom stereocenters. The maximum atomic E-state index is 15.2. The molecule has 1 atom stereocenters. The predicted octanol–water partition coefficient (Wildman–Crippen LogP) is 5.13. The Morgan fingerprint density at radius 2 is 1.91 bits per heavy atom. The lowest BCUT2D eigenvalue weighted by molar-refractivity contribution is 0.00705. The third-order valence-corrected chi connectivity index (χ3v) is 6.76. The number of nitrogens with zero attached hydrogens (tertiary/aromatic N) is 4. The summed E-state index contributed by atoms with van der Waals surface area (Å²) in [5.41, 5.74) is 0.514. The van der Waals surface area contributed by atoms with Crippen molar-refractivity contribution in [2.45, 2.75) is 39.3 Å². The Labute approximate surface area is 249 Å². The first-order valence-corrected chi connectivity index (χ1v) is 13.6. The molecule has 3 aromatic rings. The number of allylic oxidation sites excluding steroid dienone is 1. The van der Waals surface area contributed by atoms with Crippen LogP contribution in [0.2, 0.25) is 0 Å². The summed E-state index contributed by atoms with van der Waals surface area (Å²) in [7, 11) is 1.38. The molecule has 228 valence electrons. The van der Waals surface area contributed by atoms with Crippen molar-refractivity contribution in [3.63, 3.8) is 0 Å². The van der Waals surface area contributed by atoms with Gasteiger partial charge in [-0.15, -0.1) is 0 Å². The van der Waals surface area contributed by atoms with Crippen molar-refractivity contribution in [3.8, 4) is 17.1 Å². The molecule has 0 spiro atoms. The summed E-state index contributed by atoms with van der Waals surface area (Å²) in [6.07, 6.45) is 0.767. The zero-order valence-corrected chi connectivity index (χ0v) is 24.8. The van der Waals surface area contributed by atoms with E-state index in [4.69, 9.17) is 9.47 Å². The van der Waals surface area contributed by atoms with Gasteiger partial charge in [0.05, 0.1) is 36.7 Å². The number of ether oxygens (including phenoxy) is 2. The maximum Gasteiger partial charge on any atom is 0.410 e. The second kappa shape index (κ2) is 12.7.